The zero-order chi connectivity index (χ0) is 16.8. The van der Waals surface area contributed by atoms with E-state index >= 15 is 0 Å². The molecule has 2 radical (unpaired) electrons. The minimum Gasteiger partial charge on any atom is -0.491 e. The number of hydrogen-bond donors (Lipinski definition) is 0. The number of fused-ring (bicyclic) bond motifs is 1. The van der Waals surface area contributed by atoms with Crippen molar-refractivity contribution in [2.24, 2.45) is 0 Å². The molecular weight excluding hydrogens is 310 g/mol. The van der Waals surface area contributed by atoms with Gasteiger partial charge in [-0.25, -0.2) is 4.98 Å². The third kappa shape index (κ3) is 4.33. The molecule has 3 heteroatoms. The van der Waals surface area contributed by atoms with Gasteiger partial charge in [0.1, 0.15) is 20.8 Å². The zero-order valence-electron chi connectivity index (χ0n) is 14.0. The van der Waals surface area contributed by atoms with Gasteiger partial charge in [0.2, 0.25) is 0 Å². The normalized spacial score (nSPS) is 10.7. The second-order valence-electron chi connectivity index (χ2n) is 5.83. The first-order valence-corrected chi connectivity index (χ1v) is 9.21. The molecule has 2 aromatic carbocycles. The molecule has 0 spiro atoms. The summed E-state index contributed by atoms with van der Waals surface area (Å²) >= 11 is 0. The number of nitrogens with zero attached hydrogens (tertiary/aromatic N) is 1. The maximum Gasteiger partial charge on any atom is 0.145 e. The Bertz CT molecular complexity index is 830. The fraction of sp³-hybridized carbons (Fsp3) is 0.190. The quantitative estimate of drug-likeness (QED) is 0.477. The van der Waals surface area contributed by atoms with Gasteiger partial charge in [-0.2, -0.15) is 0 Å². The second-order valence-corrected chi connectivity index (χ2v) is 7.36. The Morgan fingerprint density at radius 2 is 1.88 bits per heavy atom. The highest BCUT2D eigenvalue weighted by atomic mass is 28.2. The van der Waals surface area contributed by atoms with E-state index in [2.05, 4.69) is 48.0 Å². The Labute approximate surface area is 146 Å². The molecule has 3 aromatic rings. The zero-order valence-corrected chi connectivity index (χ0v) is 15.0. The van der Waals surface area contributed by atoms with Crippen LogP contribution < -0.4 is 9.92 Å². The lowest BCUT2D eigenvalue weighted by atomic mass is 10.2. The van der Waals surface area contributed by atoms with Gasteiger partial charge < -0.3 is 4.74 Å². The maximum absolute atomic E-state index is 5.97. The number of rotatable bonds is 7. The van der Waals surface area contributed by atoms with Crippen molar-refractivity contribution in [2.45, 2.75) is 19.8 Å². The monoisotopic (exact) mass is 331 g/mol. The summed E-state index contributed by atoms with van der Waals surface area (Å²) < 4.78 is 5.97. The van der Waals surface area contributed by atoms with Gasteiger partial charge in [-0.3, -0.25) is 0 Å². The molecule has 0 amide bonds. The Kier molecular flexibility index (Phi) is 5.44. The topological polar surface area (TPSA) is 22.1 Å². The first-order valence-electron chi connectivity index (χ1n) is 8.21. The summed E-state index contributed by atoms with van der Waals surface area (Å²) in [6.07, 6.45) is 1.96. The largest absolute Gasteiger partial charge is 0.491 e. The third-order valence-electron chi connectivity index (χ3n) is 3.80. The Morgan fingerprint density at radius 3 is 2.71 bits per heavy atom. The molecule has 0 aliphatic carbocycles. The van der Waals surface area contributed by atoms with Crippen molar-refractivity contribution < 1.29 is 4.74 Å². The molecule has 120 valence electrons. The van der Waals surface area contributed by atoms with Crippen molar-refractivity contribution >= 4 is 25.6 Å². The first kappa shape index (κ1) is 16.5. The van der Waals surface area contributed by atoms with Crippen molar-refractivity contribution in [3.05, 3.63) is 78.1 Å². The SMILES string of the molecule is C=C(CCCOc1cccc2ccc(C)nc12)[Si]c1ccccc1. The van der Waals surface area contributed by atoms with Crippen LogP contribution in [0.3, 0.4) is 0 Å². The fourth-order valence-electron chi connectivity index (χ4n) is 2.59. The third-order valence-corrected chi connectivity index (χ3v) is 5.02. The molecular formula is C21H21NOSi. The number of aryl methyl sites for hydroxylation is 1. The molecule has 0 fully saturated rings. The number of ether oxygens (including phenoxy) is 1. The van der Waals surface area contributed by atoms with E-state index in [1.165, 1.54) is 10.4 Å². The van der Waals surface area contributed by atoms with Crippen LogP contribution >= 0.6 is 0 Å². The molecule has 1 aromatic heterocycles. The predicted octanol–water partition coefficient (Wildman–Crippen LogP) is 4.25. The fourth-order valence-corrected chi connectivity index (χ4v) is 3.66. The summed E-state index contributed by atoms with van der Waals surface area (Å²) in [7, 11) is 0.676. The maximum atomic E-state index is 5.97. The number of pyridine rings is 1. The Hall–Kier alpha value is -2.39. The molecule has 0 aliphatic rings. The van der Waals surface area contributed by atoms with E-state index < -0.39 is 0 Å². The molecule has 0 saturated carbocycles. The van der Waals surface area contributed by atoms with Crippen LogP contribution in [-0.4, -0.2) is 21.1 Å². The van der Waals surface area contributed by atoms with E-state index in [9.17, 15) is 0 Å². The standard InChI is InChI=1S/C21H21NOSi/c1-16-13-14-18-9-6-12-20(21(18)22-16)23-15-7-8-17(2)24-19-10-4-3-5-11-19/h3-6,9-14H,2,7-8,15H2,1H3. The van der Waals surface area contributed by atoms with Crippen LogP contribution in [0.1, 0.15) is 18.5 Å². The molecule has 0 N–H and O–H groups in total. The van der Waals surface area contributed by atoms with Crippen LogP contribution in [0.25, 0.3) is 10.9 Å². The van der Waals surface area contributed by atoms with Gasteiger partial charge in [-0.05, 0) is 31.9 Å². The molecule has 0 unspecified atom stereocenters. The highest BCUT2D eigenvalue weighted by Crippen LogP contribution is 2.24. The van der Waals surface area contributed by atoms with E-state index in [0.717, 1.165) is 35.2 Å². The number of para-hydroxylation sites is 1. The molecule has 0 aliphatic heterocycles. The lowest BCUT2D eigenvalue weighted by Crippen LogP contribution is -2.15. The summed E-state index contributed by atoms with van der Waals surface area (Å²) in [6.45, 7) is 6.89. The van der Waals surface area contributed by atoms with Gasteiger partial charge in [-0.15, -0.1) is 6.58 Å². The van der Waals surface area contributed by atoms with Gasteiger partial charge in [0, 0.05) is 11.1 Å². The van der Waals surface area contributed by atoms with Crippen molar-refractivity contribution in [2.75, 3.05) is 6.61 Å². The van der Waals surface area contributed by atoms with Gasteiger partial charge in [0.25, 0.3) is 0 Å². The van der Waals surface area contributed by atoms with Gasteiger partial charge >= 0.3 is 0 Å². The number of benzene rings is 2. The summed E-state index contributed by atoms with van der Waals surface area (Å²) in [5, 5.41) is 3.74. The molecule has 0 saturated heterocycles. The van der Waals surface area contributed by atoms with E-state index in [0.29, 0.717) is 16.1 Å². The Balaban J connectivity index is 1.52. The van der Waals surface area contributed by atoms with E-state index in [-0.39, 0.29) is 0 Å². The molecule has 2 nitrogen and oxygen atoms in total. The summed E-state index contributed by atoms with van der Waals surface area (Å²) in [5.74, 6) is 0.868. The first-order chi connectivity index (χ1) is 11.7. The van der Waals surface area contributed by atoms with Gasteiger partial charge in [0.15, 0.2) is 0 Å². The Morgan fingerprint density at radius 1 is 1.04 bits per heavy atom. The minimum atomic E-state index is 0.676. The van der Waals surface area contributed by atoms with E-state index in [4.69, 9.17) is 4.74 Å². The molecule has 3 rings (SSSR count). The molecule has 0 bridgehead atoms. The second kappa shape index (κ2) is 7.93. The molecule has 1 heterocycles. The smallest absolute Gasteiger partial charge is 0.145 e. The van der Waals surface area contributed by atoms with Crippen LogP contribution in [0.2, 0.25) is 0 Å². The van der Waals surface area contributed by atoms with Crippen LogP contribution in [0.4, 0.5) is 0 Å². The average Bonchev–Trinajstić information content (AvgIpc) is 2.60. The van der Waals surface area contributed by atoms with Crippen LogP contribution in [0.15, 0.2) is 72.4 Å². The lowest BCUT2D eigenvalue weighted by Gasteiger charge is -2.10. The summed E-state index contributed by atoms with van der Waals surface area (Å²) in [5.41, 5.74) is 1.96. The van der Waals surface area contributed by atoms with Crippen molar-refractivity contribution in [1.29, 1.82) is 0 Å². The number of allylic oxidation sites excluding steroid dienone is 1. The van der Waals surface area contributed by atoms with Gasteiger partial charge in [0.05, 0.1) is 6.61 Å². The molecule has 0 atom stereocenters. The highest BCUT2D eigenvalue weighted by Gasteiger charge is 2.04. The van der Waals surface area contributed by atoms with E-state index in [1.807, 2.05) is 31.2 Å². The van der Waals surface area contributed by atoms with Gasteiger partial charge in [-0.1, -0.05) is 58.9 Å². The minimum absolute atomic E-state index is 0.676. The predicted molar refractivity (Wildman–Crippen MR) is 102 cm³/mol. The number of aromatic nitrogens is 1. The van der Waals surface area contributed by atoms with Crippen LogP contribution in [-0.2, 0) is 0 Å². The van der Waals surface area contributed by atoms with E-state index in [1.54, 1.807) is 0 Å². The molecule has 24 heavy (non-hydrogen) atoms. The summed E-state index contributed by atoms with van der Waals surface area (Å²) in [6, 6.07) is 20.7. The van der Waals surface area contributed by atoms with Crippen molar-refractivity contribution in [1.82, 2.24) is 4.98 Å². The highest BCUT2D eigenvalue weighted by molar-refractivity contribution is 6.60. The lowest BCUT2D eigenvalue weighted by molar-refractivity contribution is 0.314. The number of hydrogen-bond acceptors (Lipinski definition) is 2. The van der Waals surface area contributed by atoms with Crippen LogP contribution in [0.5, 0.6) is 5.75 Å². The van der Waals surface area contributed by atoms with Crippen molar-refractivity contribution in [3.63, 3.8) is 0 Å². The van der Waals surface area contributed by atoms with Crippen LogP contribution in [0, 0.1) is 6.92 Å². The average molecular weight is 331 g/mol. The van der Waals surface area contributed by atoms with Crippen molar-refractivity contribution in [3.8, 4) is 5.75 Å². The summed E-state index contributed by atoms with van der Waals surface area (Å²) in [4.78, 5) is 4.60.